The maximum atomic E-state index is 12.3. The predicted molar refractivity (Wildman–Crippen MR) is 84.3 cm³/mol. The monoisotopic (exact) mass is 288 g/mol. The molecular formula is C16H17ClOSi. The van der Waals surface area contributed by atoms with E-state index in [1.54, 1.807) is 24.3 Å². The third-order valence-electron chi connectivity index (χ3n) is 3.12. The van der Waals surface area contributed by atoms with Gasteiger partial charge in [-0.3, -0.25) is 4.79 Å². The molecule has 0 heterocycles. The number of hydrogen-bond donors (Lipinski definition) is 0. The Bertz CT molecular complexity index is 580. The second-order valence-corrected chi connectivity index (χ2v) is 11.2. The number of halogens is 1. The smallest absolute Gasteiger partial charge is 0.193 e. The van der Waals surface area contributed by atoms with Crippen LogP contribution in [0.2, 0.25) is 24.7 Å². The van der Waals surface area contributed by atoms with Crippen LogP contribution in [0.3, 0.4) is 0 Å². The van der Waals surface area contributed by atoms with Crippen molar-refractivity contribution in [3.63, 3.8) is 0 Å². The summed E-state index contributed by atoms with van der Waals surface area (Å²) in [5.41, 5.74) is 1.40. The van der Waals surface area contributed by atoms with Crippen LogP contribution < -0.4 is 5.19 Å². The van der Waals surface area contributed by atoms with Crippen LogP contribution in [-0.2, 0) is 0 Å². The van der Waals surface area contributed by atoms with Crippen LogP contribution >= 0.6 is 11.6 Å². The summed E-state index contributed by atoms with van der Waals surface area (Å²) in [7, 11) is -1.31. The van der Waals surface area contributed by atoms with Crippen LogP contribution in [0.25, 0.3) is 0 Å². The van der Waals surface area contributed by atoms with Gasteiger partial charge in [0.25, 0.3) is 0 Å². The second kappa shape index (κ2) is 5.31. The van der Waals surface area contributed by atoms with Crippen molar-refractivity contribution in [2.75, 3.05) is 0 Å². The largest absolute Gasteiger partial charge is 0.289 e. The lowest BCUT2D eigenvalue weighted by Crippen LogP contribution is -2.37. The highest BCUT2D eigenvalue weighted by Gasteiger charge is 2.17. The number of ketones is 1. The molecule has 0 N–H and O–H groups in total. The topological polar surface area (TPSA) is 17.1 Å². The molecule has 0 atom stereocenters. The van der Waals surface area contributed by atoms with Gasteiger partial charge in [0, 0.05) is 16.1 Å². The van der Waals surface area contributed by atoms with Gasteiger partial charge in [0.1, 0.15) is 0 Å². The van der Waals surface area contributed by atoms with Crippen molar-refractivity contribution < 1.29 is 4.79 Å². The van der Waals surface area contributed by atoms with Crippen LogP contribution in [0.15, 0.2) is 48.5 Å². The molecule has 2 aromatic rings. The van der Waals surface area contributed by atoms with E-state index in [0.717, 1.165) is 5.56 Å². The SMILES string of the molecule is C[Si](C)(C)c1ccc(C(=O)c2ccc(Cl)cc2)cc1. The second-order valence-electron chi connectivity index (χ2n) is 5.66. The van der Waals surface area contributed by atoms with Crippen molar-refractivity contribution >= 4 is 30.6 Å². The van der Waals surface area contributed by atoms with Crippen LogP contribution in [-0.4, -0.2) is 13.9 Å². The Kier molecular flexibility index (Phi) is 3.93. The van der Waals surface area contributed by atoms with E-state index in [0.29, 0.717) is 10.6 Å². The fourth-order valence-electron chi connectivity index (χ4n) is 1.89. The van der Waals surface area contributed by atoms with E-state index < -0.39 is 8.07 Å². The van der Waals surface area contributed by atoms with Crippen molar-refractivity contribution in [1.29, 1.82) is 0 Å². The Morgan fingerprint density at radius 1 is 0.842 bits per heavy atom. The van der Waals surface area contributed by atoms with Gasteiger partial charge < -0.3 is 0 Å². The highest BCUT2D eigenvalue weighted by atomic mass is 35.5. The van der Waals surface area contributed by atoms with Crippen LogP contribution in [0, 0.1) is 0 Å². The van der Waals surface area contributed by atoms with Crippen LogP contribution in [0.5, 0.6) is 0 Å². The van der Waals surface area contributed by atoms with Gasteiger partial charge in [0.2, 0.25) is 0 Å². The Hall–Kier alpha value is -1.38. The molecule has 0 aromatic heterocycles. The van der Waals surface area contributed by atoms with Gasteiger partial charge in [-0.15, -0.1) is 0 Å². The summed E-state index contributed by atoms with van der Waals surface area (Å²) < 4.78 is 0. The lowest BCUT2D eigenvalue weighted by Gasteiger charge is -2.16. The average Bonchev–Trinajstić information content (AvgIpc) is 2.38. The molecular weight excluding hydrogens is 272 g/mol. The Balaban J connectivity index is 2.27. The van der Waals surface area contributed by atoms with E-state index in [1.165, 1.54) is 5.19 Å². The van der Waals surface area contributed by atoms with E-state index in [2.05, 4.69) is 31.8 Å². The summed E-state index contributed by atoms with van der Waals surface area (Å²) in [6, 6.07) is 15.0. The predicted octanol–water partition coefficient (Wildman–Crippen LogP) is 4.12. The van der Waals surface area contributed by atoms with Gasteiger partial charge in [0.05, 0.1) is 8.07 Å². The first-order chi connectivity index (χ1) is 8.88. The minimum Gasteiger partial charge on any atom is -0.289 e. The molecule has 2 aromatic carbocycles. The fraction of sp³-hybridized carbons (Fsp3) is 0.188. The number of carbonyl (C=O) groups is 1. The van der Waals surface area contributed by atoms with Crippen molar-refractivity contribution in [1.82, 2.24) is 0 Å². The first-order valence-corrected chi connectivity index (χ1v) is 10.2. The molecule has 0 saturated heterocycles. The molecule has 0 saturated carbocycles. The number of carbonyl (C=O) groups excluding carboxylic acids is 1. The lowest BCUT2D eigenvalue weighted by molar-refractivity contribution is 0.103. The van der Waals surface area contributed by atoms with Gasteiger partial charge in [-0.05, 0) is 24.3 Å². The van der Waals surface area contributed by atoms with Gasteiger partial charge in [-0.2, -0.15) is 0 Å². The Morgan fingerprint density at radius 3 is 1.68 bits per heavy atom. The number of benzene rings is 2. The van der Waals surface area contributed by atoms with Gasteiger partial charge in [-0.1, -0.05) is 60.7 Å². The standard InChI is InChI=1S/C16H17ClOSi/c1-19(2,3)15-10-6-13(7-11-15)16(18)12-4-8-14(17)9-5-12/h4-11H,1-3H3. The molecule has 0 aliphatic carbocycles. The summed E-state index contributed by atoms with van der Waals surface area (Å²) in [5, 5.41) is 2.01. The first-order valence-electron chi connectivity index (χ1n) is 6.29. The zero-order chi connectivity index (χ0) is 14.0. The number of rotatable bonds is 3. The molecule has 1 nitrogen and oxygen atoms in total. The van der Waals surface area contributed by atoms with E-state index in [9.17, 15) is 4.79 Å². The molecule has 3 heteroatoms. The fourth-order valence-corrected chi connectivity index (χ4v) is 3.18. The van der Waals surface area contributed by atoms with E-state index in [-0.39, 0.29) is 5.78 Å². The summed E-state index contributed by atoms with van der Waals surface area (Å²) in [6.07, 6.45) is 0. The van der Waals surface area contributed by atoms with Crippen molar-refractivity contribution in [3.8, 4) is 0 Å². The zero-order valence-corrected chi connectivity index (χ0v) is 13.2. The highest BCUT2D eigenvalue weighted by molar-refractivity contribution is 6.88. The molecule has 0 amide bonds. The molecule has 0 bridgehead atoms. The van der Waals surface area contributed by atoms with E-state index in [4.69, 9.17) is 11.6 Å². The molecule has 0 unspecified atom stereocenters. The average molecular weight is 289 g/mol. The van der Waals surface area contributed by atoms with Crippen molar-refractivity contribution in [2.24, 2.45) is 0 Å². The highest BCUT2D eigenvalue weighted by Crippen LogP contribution is 2.14. The number of hydrogen-bond acceptors (Lipinski definition) is 1. The maximum absolute atomic E-state index is 12.3. The molecule has 0 spiro atoms. The van der Waals surface area contributed by atoms with Gasteiger partial charge >= 0.3 is 0 Å². The zero-order valence-electron chi connectivity index (χ0n) is 11.4. The molecule has 0 aliphatic heterocycles. The van der Waals surface area contributed by atoms with Crippen LogP contribution in [0.4, 0.5) is 0 Å². The lowest BCUT2D eigenvalue weighted by atomic mass is 10.0. The molecule has 2 rings (SSSR count). The van der Waals surface area contributed by atoms with E-state index >= 15 is 0 Å². The summed E-state index contributed by atoms with van der Waals surface area (Å²) >= 11 is 5.83. The first kappa shape index (κ1) is 14.0. The quantitative estimate of drug-likeness (QED) is 0.613. The molecule has 0 radical (unpaired) electrons. The Labute approximate surface area is 120 Å². The summed E-state index contributed by atoms with van der Waals surface area (Å²) in [6.45, 7) is 6.88. The van der Waals surface area contributed by atoms with Crippen molar-refractivity contribution in [3.05, 3.63) is 64.7 Å². The molecule has 0 aliphatic rings. The maximum Gasteiger partial charge on any atom is 0.193 e. The third-order valence-corrected chi connectivity index (χ3v) is 5.44. The van der Waals surface area contributed by atoms with Crippen molar-refractivity contribution in [2.45, 2.75) is 19.6 Å². The summed E-state index contributed by atoms with van der Waals surface area (Å²) in [5.74, 6) is 0.0405. The molecule has 98 valence electrons. The van der Waals surface area contributed by atoms with Crippen LogP contribution in [0.1, 0.15) is 15.9 Å². The molecule has 0 fully saturated rings. The van der Waals surface area contributed by atoms with E-state index in [1.807, 2.05) is 12.1 Å². The normalized spacial score (nSPS) is 11.4. The van der Waals surface area contributed by atoms with Gasteiger partial charge in [-0.25, -0.2) is 0 Å². The molecule has 19 heavy (non-hydrogen) atoms. The Morgan fingerprint density at radius 2 is 1.26 bits per heavy atom. The summed E-state index contributed by atoms with van der Waals surface area (Å²) in [4.78, 5) is 12.3. The van der Waals surface area contributed by atoms with Gasteiger partial charge in [0.15, 0.2) is 5.78 Å². The third kappa shape index (κ3) is 3.34. The minimum atomic E-state index is -1.31. The minimum absolute atomic E-state index is 0.0405.